The van der Waals surface area contributed by atoms with Gasteiger partial charge in [-0.05, 0) is 25.0 Å². The summed E-state index contributed by atoms with van der Waals surface area (Å²) in [5, 5.41) is 8.92. The van der Waals surface area contributed by atoms with Gasteiger partial charge in [-0.15, -0.1) is 0 Å². The first-order valence-corrected chi connectivity index (χ1v) is 5.61. The minimum Gasteiger partial charge on any atom is -0.395 e. The lowest BCUT2D eigenvalue weighted by Crippen LogP contribution is -2.36. The molecule has 4 heteroatoms. The Bertz CT molecular complexity index is 349. The van der Waals surface area contributed by atoms with Crippen molar-refractivity contribution in [3.05, 3.63) is 30.1 Å². The predicted molar refractivity (Wildman–Crippen MR) is 59.8 cm³/mol. The number of aromatic nitrogens is 1. The van der Waals surface area contributed by atoms with E-state index in [1.807, 2.05) is 18.2 Å². The van der Waals surface area contributed by atoms with Crippen LogP contribution in [0.3, 0.4) is 0 Å². The average molecular weight is 220 g/mol. The number of aliphatic hydroxyl groups is 1. The number of nitrogens with zero attached hydrogens (tertiary/aromatic N) is 2. The van der Waals surface area contributed by atoms with Crippen LogP contribution in [0.2, 0.25) is 0 Å². The molecule has 0 spiro atoms. The lowest BCUT2D eigenvalue weighted by molar-refractivity contribution is -0.131. The van der Waals surface area contributed by atoms with Gasteiger partial charge >= 0.3 is 0 Å². The molecule has 4 nitrogen and oxygen atoms in total. The SMILES string of the molecule is O=C(Cc1ccccn1)N(CCO)C1CC1. The van der Waals surface area contributed by atoms with Gasteiger partial charge in [0.05, 0.1) is 13.0 Å². The van der Waals surface area contributed by atoms with Crippen LogP contribution in [0.4, 0.5) is 0 Å². The number of carbonyl (C=O) groups excluding carboxylic acids is 1. The van der Waals surface area contributed by atoms with Gasteiger partial charge in [-0.3, -0.25) is 9.78 Å². The fraction of sp³-hybridized carbons (Fsp3) is 0.500. The summed E-state index contributed by atoms with van der Waals surface area (Å²) in [5.74, 6) is 0.0650. The van der Waals surface area contributed by atoms with E-state index in [-0.39, 0.29) is 12.5 Å². The van der Waals surface area contributed by atoms with Crippen LogP contribution in [-0.2, 0) is 11.2 Å². The summed E-state index contributed by atoms with van der Waals surface area (Å²) in [4.78, 5) is 17.9. The molecule has 16 heavy (non-hydrogen) atoms. The number of hydrogen-bond acceptors (Lipinski definition) is 3. The predicted octanol–water partition coefficient (Wildman–Crippen LogP) is 0.607. The zero-order valence-electron chi connectivity index (χ0n) is 9.17. The van der Waals surface area contributed by atoms with E-state index in [1.165, 1.54) is 0 Å². The molecular formula is C12H16N2O2. The molecule has 1 aliphatic rings. The van der Waals surface area contributed by atoms with E-state index in [1.54, 1.807) is 11.1 Å². The van der Waals surface area contributed by atoms with Gasteiger partial charge in [0.25, 0.3) is 0 Å². The summed E-state index contributed by atoms with van der Waals surface area (Å²) in [6.07, 6.45) is 4.15. The maximum absolute atomic E-state index is 12.0. The Morgan fingerprint density at radius 1 is 1.50 bits per heavy atom. The van der Waals surface area contributed by atoms with Crippen LogP contribution in [0, 0.1) is 0 Å². The fourth-order valence-corrected chi connectivity index (χ4v) is 1.76. The Balaban J connectivity index is 1.95. The first-order chi connectivity index (χ1) is 7.81. The van der Waals surface area contributed by atoms with Crippen LogP contribution in [0.1, 0.15) is 18.5 Å². The standard InChI is InChI=1S/C12H16N2O2/c15-8-7-14(11-4-5-11)12(16)9-10-3-1-2-6-13-10/h1-3,6,11,15H,4-5,7-9H2. The topological polar surface area (TPSA) is 53.4 Å². The lowest BCUT2D eigenvalue weighted by Gasteiger charge is -2.21. The molecule has 1 fully saturated rings. The molecule has 0 saturated heterocycles. The summed E-state index contributed by atoms with van der Waals surface area (Å²) in [6, 6.07) is 5.91. The molecule has 1 N–H and O–H groups in total. The molecule has 1 aromatic heterocycles. The summed E-state index contributed by atoms with van der Waals surface area (Å²) in [7, 11) is 0. The monoisotopic (exact) mass is 220 g/mol. The molecule has 0 aromatic carbocycles. The normalized spacial score (nSPS) is 14.8. The van der Waals surface area contributed by atoms with Crippen molar-refractivity contribution in [3.63, 3.8) is 0 Å². The number of hydrogen-bond donors (Lipinski definition) is 1. The van der Waals surface area contributed by atoms with Gasteiger partial charge in [0.2, 0.25) is 5.91 Å². The zero-order chi connectivity index (χ0) is 11.4. The third-order valence-corrected chi connectivity index (χ3v) is 2.71. The second-order valence-corrected chi connectivity index (χ2v) is 4.04. The number of amides is 1. The molecule has 0 unspecified atom stereocenters. The van der Waals surface area contributed by atoms with Gasteiger partial charge in [-0.25, -0.2) is 0 Å². The van der Waals surface area contributed by atoms with Crippen LogP contribution >= 0.6 is 0 Å². The number of rotatable bonds is 5. The quantitative estimate of drug-likeness (QED) is 0.791. The molecule has 1 aliphatic carbocycles. The second kappa shape index (κ2) is 5.07. The molecule has 0 aliphatic heterocycles. The third-order valence-electron chi connectivity index (χ3n) is 2.71. The first kappa shape index (κ1) is 11.1. The van der Waals surface area contributed by atoms with Crippen molar-refractivity contribution in [2.45, 2.75) is 25.3 Å². The highest BCUT2D eigenvalue weighted by Crippen LogP contribution is 2.26. The Morgan fingerprint density at radius 3 is 2.88 bits per heavy atom. The molecule has 86 valence electrons. The smallest absolute Gasteiger partial charge is 0.228 e. The van der Waals surface area contributed by atoms with Gasteiger partial charge in [-0.2, -0.15) is 0 Å². The van der Waals surface area contributed by atoms with Crippen molar-refractivity contribution in [3.8, 4) is 0 Å². The van der Waals surface area contributed by atoms with E-state index in [2.05, 4.69) is 4.98 Å². The number of pyridine rings is 1. The van der Waals surface area contributed by atoms with E-state index < -0.39 is 0 Å². The average Bonchev–Trinajstić information content (AvgIpc) is 3.11. The summed E-state index contributed by atoms with van der Waals surface area (Å²) >= 11 is 0. The highest BCUT2D eigenvalue weighted by atomic mass is 16.3. The second-order valence-electron chi connectivity index (χ2n) is 4.04. The highest BCUT2D eigenvalue weighted by Gasteiger charge is 2.31. The van der Waals surface area contributed by atoms with Crippen molar-refractivity contribution in [2.24, 2.45) is 0 Å². The minimum atomic E-state index is 0.0322. The zero-order valence-corrected chi connectivity index (χ0v) is 9.17. The van der Waals surface area contributed by atoms with Gasteiger partial charge < -0.3 is 10.0 Å². The molecule has 0 atom stereocenters. The van der Waals surface area contributed by atoms with Gasteiger partial charge in [0.15, 0.2) is 0 Å². The van der Waals surface area contributed by atoms with E-state index in [9.17, 15) is 4.79 Å². The number of carbonyl (C=O) groups is 1. The van der Waals surface area contributed by atoms with Gasteiger partial charge in [0, 0.05) is 24.5 Å². The summed E-state index contributed by atoms with van der Waals surface area (Å²) in [6.45, 7) is 0.473. The third kappa shape index (κ3) is 2.79. The van der Waals surface area contributed by atoms with Crippen molar-refractivity contribution in [1.82, 2.24) is 9.88 Å². The molecule has 1 heterocycles. The van der Waals surface area contributed by atoms with Gasteiger partial charge in [-0.1, -0.05) is 6.07 Å². The van der Waals surface area contributed by atoms with Gasteiger partial charge in [0.1, 0.15) is 0 Å². The Hall–Kier alpha value is -1.42. The molecule has 0 radical (unpaired) electrons. The van der Waals surface area contributed by atoms with Crippen molar-refractivity contribution >= 4 is 5.91 Å². The van der Waals surface area contributed by atoms with E-state index in [0.717, 1.165) is 18.5 Å². The van der Waals surface area contributed by atoms with Crippen molar-refractivity contribution in [2.75, 3.05) is 13.2 Å². The minimum absolute atomic E-state index is 0.0322. The molecule has 1 saturated carbocycles. The Morgan fingerprint density at radius 2 is 2.31 bits per heavy atom. The van der Waals surface area contributed by atoms with Crippen molar-refractivity contribution in [1.29, 1.82) is 0 Å². The molecular weight excluding hydrogens is 204 g/mol. The highest BCUT2D eigenvalue weighted by molar-refractivity contribution is 5.79. The van der Waals surface area contributed by atoms with Crippen LogP contribution in [0.25, 0.3) is 0 Å². The first-order valence-electron chi connectivity index (χ1n) is 5.61. The fourth-order valence-electron chi connectivity index (χ4n) is 1.76. The van der Waals surface area contributed by atoms with Crippen molar-refractivity contribution < 1.29 is 9.90 Å². The Labute approximate surface area is 94.9 Å². The molecule has 2 rings (SSSR count). The maximum Gasteiger partial charge on any atom is 0.228 e. The van der Waals surface area contributed by atoms with Crippen LogP contribution < -0.4 is 0 Å². The Kier molecular flexibility index (Phi) is 3.51. The van der Waals surface area contributed by atoms with Crippen LogP contribution in [0.5, 0.6) is 0 Å². The van der Waals surface area contributed by atoms with Crippen LogP contribution in [0.15, 0.2) is 24.4 Å². The largest absolute Gasteiger partial charge is 0.395 e. The van der Waals surface area contributed by atoms with E-state index >= 15 is 0 Å². The van der Waals surface area contributed by atoms with E-state index in [4.69, 9.17) is 5.11 Å². The van der Waals surface area contributed by atoms with Crippen LogP contribution in [-0.4, -0.2) is 40.1 Å². The summed E-state index contributed by atoms with van der Waals surface area (Å²) in [5.41, 5.74) is 0.788. The number of aliphatic hydroxyl groups excluding tert-OH is 1. The maximum atomic E-state index is 12.0. The lowest BCUT2D eigenvalue weighted by atomic mass is 10.2. The molecule has 1 amide bonds. The molecule has 1 aromatic rings. The summed E-state index contributed by atoms with van der Waals surface area (Å²) < 4.78 is 0. The molecule has 0 bridgehead atoms. The van der Waals surface area contributed by atoms with E-state index in [0.29, 0.717) is 19.0 Å².